The van der Waals surface area contributed by atoms with E-state index in [1.165, 1.54) is 0 Å². The Labute approximate surface area is 152 Å². The van der Waals surface area contributed by atoms with E-state index in [0.29, 0.717) is 19.6 Å². The highest BCUT2D eigenvalue weighted by molar-refractivity contribution is 7.13. The van der Waals surface area contributed by atoms with Crippen molar-refractivity contribution in [1.29, 1.82) is 0 Å². The predicted octanol–water partition coefficient (Wildman–Crippen LogP) is 2.96. The van der Waals surface area contributed by atoms with Crippen LogP contribution in [-0.2, 0) is 16.1 Å². The molecule has 25 heavy (non-hydrogen) atoms. The number of carbonyl (C=O) groups is 1. The average Bonchev–Trinajstić information content (AvgIpc) is 3.09. The van der Waals surface area contributed by atoms with E-state index in [2.05, 4.69) is 10.3 Å². The maximum Gasteiger partial charge on any atom is 0.241 e. The van der Waals surface area contributed by atoms with E-state index in [1.807, 2.05) is 56.5 Å². The molecular formula is C19H25N3O2S. The van der Waals surface area contributed by atoms with Gasteiger partial charge in [-0.15, -0.1) is 11.3 Å². The predicted molar refractivity (Wildman–Crippen MR) is 100 cm³/mol. The van der Waals surface area contributed by atoms with Gasteiger partial charge >= 0.3 is 0 Å². The van der Waals surface area contributed by atoms with E-state index < -0.39 is 5.54 Å². The average molecular weight is 359 g/mol. The molecule has 1 heterocycles. The van der Waals surface area contributed by atoms with Gasteiger partial charge in [0, 0.05) is 29.4 Å². The SMILES string of the molecule is CCOC1CC(N)(C(=O)NCc2csc(-c3ccccc3)n2)C1(C)C. The Bertz CT molecular complexity index is 744. The van der Waals surface area contributed by atoms with Crippen LogP contribution in [-0.4, -0.2) is 29.1 Å². The Morgan fingerprint density at radius 1 is 1.40 bits per heavy atom. The molecule has 1 amide bonds. The zero-order valence-electron chi connectivity index (χ0n) is 14.9. The number of hydrogen-bond donors (Lipinski definition) is 2. The lowest BCUT2D eigenvalue weighted by molar-refractivity contribution is -0.170. The number of thiazole rings is 1. The smallest absolute Gasteiger partial charge is 0.241 e. The van der Waals surface area contributed by atoms with Gasteiger partial charge in [0.05, 0.1) is 18.3 Å². The van der Waals surface area contributed by atoms with Crippen molar-refractivity contribution in [3.8, 4) is 10.6 Å². The number of amides is 1. The van der Waals surface area contributed by atoms with Crippen LogP contribution in [0.2, 0.25) is 0 Å². The summed E-state index contributed by atoms with van der Waals surface area (Å²) in [5, 5.41) is 5.87. The van der Waals surface area contributed by atoms with E-state index in [-0.39, 0.29) is 17.4 Å². The molecule has 134 valence electrons. The first kappa shape index (κ1) is 18.0. The molecule has 1 aromatic carbocycles. The van der Waals surface area contributed by atoms with Gasteiger partial charge in [-0.25, -0.2) is 4.98 Å². The van der Waals surface area contributed by atoms with Crippen molar-refractivity contribution in [2.45, 2.75) is 45.4 Å². The Kier molecular flexibility index (Phi) is 4.95. The van der Waals surface area contributed by atoms with E-state index in [9.17, 15) is 4.79 Å². The first-order chi connectivity index (χ1) is 11.9. The third-order valence-electron chi connectivity index (χ3n) is 5.24. The van der Waals surface area contributed by atoms with E-state index in [1.54, 1.807) is 11.3 Å². The molecule has 0 bridgehead atoms. The molecule has 3 rings (SSSR count). The van der Waals surface area contributed by atoms with Crippen LogP contribution in [0.1, 0.15) is 32.9 Å². The highest BCUT2D eigenvalue weighted by Crippen LogP contribution is 2.49. The minimum absolute atomic E-state index is 0.0252. The molecule has 3 N–H and O–H groups in total. The summed E-state index contributed by atoms with van der Waals surface area (Å²) in [6.07, 6.45) is 0.573. The monoisotopic (exact) mass is 359 g/mol. The van der Waals surface area contributed by atoms with Crippen molar-refractivity contribution in [2.24, 2.45) is 11.1 Å². The lowest BCUT2D eigenvalue weighted by Crippen LogP contribution is -2.75. The third kappa shape index (κ3) is 3.21. The molecular weight excluding hydrogens is 334 g/mol. The summed E-state index contributed by atoms with van der Waals surface area (Å²) >= 11 is 1.57. The molecule has 2 aromatic rings. The van der Waals surface area contributed by atoms with Crippen LogP contribution in [0.5, 0.6) is 0 Å². The van der Waals surface area contributed by atoms with Crippen LogP contribution in [0.15, 0.2) is 35.7 Å². The van der Waals surface area contributed by atoms with E-state index in [0.717, 1.165) is 16.3 Å². The van der Waals surface area contributed by atoms with Crippen LogP contribution in [0.4, 0.5) is 0 Å². The highest BCUT2D eigenvalue weighted by atomic mass is 32.1. The number of benzene rings is 1. The van der Waals surface area contributed by atoms with Crippen LogP contribution in [0.3, 0.4) is 0 Å². The molecule has 2 atom stereocenters. The number of rotatable bonds is 6. The minimum Gasteiger partial charge on any atom is -0.378 e. The Balaban J connectivity index is 1.61. The zero-order chi connectivity index (χ0) is 18.1. The first-order valence-corrected chi connectivity index (χ1v) is 9.45. The van der Waals surface area contributed by atoms with Crippen LogP contribution in [0, 0.1) is 5.41 Å². The summed E-state index contributed by atoms with van der Waals surface area (Å²) in [5.41, 5.74) is 7.04. The molecule has 1 saturated carbocycles. The van der Waals surface area contributed by atoms with Crippen LogP contribution < -0.4 is 11.1 Å². The Morgan fingerprint density at radius 2 is 2.12 bits per heavy atom. The largest absolute Gasteiger partial charge is 0.378 e. The summed E-state index contributed by atoms with van der Waals surface area (Å²) < 4.78 is 5.68. The lowest BCUT2D eigenvalue weighted by atomic mass is 9.54. The fourth-order valence-corrected chi connectivity index (χ4v) is 4.08. The van der Waals surface area contributed by atoms with Crippen LogP contribution >= 0.6 is 11.3 Å². The Hall–Kier alpha value is -1.76. The van der Waals surface area contributed by atoms with Gasteiger partial charge in [-0.1, -0.05) is 44.2 Å². The second-order valence-corrected chi connectivity index (χ2v) is 7.89. The van der Waals surface area contributed by atoms with Crippen molar-refractivity contribution in [3.05, 3.63) is 41.4 Å². The second-order valence-electron chi connectivity index (χ2n) is 7.03. The number of nitrogens with zero attached hydrogens (tertiary/aromatic N) is 1. The van der Waals surface area contributed by atoms with Crippen molar-refractivity contribution >= 4 is 17.2 Å². The summed E-state index contributed by atoms with van der Waals surface area (Å²) in [4.78, 5) is 17.2. The molecule has 0 spiro atoms. The molecule has 2 unspecified atom stereocenters. The minimum atomic E-state index is -0.898. The standard InChI is InChI=1S/C19H25N3O2S/c1-4-24-15-10-19(20,18(15,2)3)17(23)21-11-14-12-25-16(22-14)13-8-6-5-7-9-13/h5-9,12,15H,4,10-11,20H2,1-3H3,(H,21,23). The number of ether oxygens (including phenoxy) is 1. The van der Waals surface area contributed by atoms with Gasteiger partial charge in [0.2, 0.25) is 5.91 Å². The van der Waals surface area contributed by atoms with Gasteiger partial charge in [-0.05, 0) is 6.92 Å². The summed E-state index contributed by atoms with van der Waals surface area (Å²) in [5.74, 6) is -0.136. The topological polar surface area (TPSA) is 77.2 Å². The second kappa shape index (κ2) is 6.86. The van der Waals surface area contributed by atoms with Gasteiger partial charge in [-0.2, -0.15) is 0 Å². The molecule has 1 aliphatic rings. The quantitative estimate of drug-likeness (QED) is 0.831. The third-order valence-corrected chi connectivity index (χ3v) is 6.18. The highest BCUT2D eigenvalue weighted by Gasteiger charge is 2.62. The van der Waals surface area contributed by atoms with Gasteiger partial charge in [0.15, 0.2) is 0 Å². The summed E-state index contributed by atoms with van der Waals surface area (Å²) in [7, 11) is 0. The molecule has 1 aromatic heterocycles. The van der Waals surface area contributed by atoms with Gasteiger partial charge < -0.3 is 15.8 Å². The molecule has 0 saturated heterocycles. The lowest BCUT2D eigenvalue weighted by Gasteiger charge is -2.57. The Morgan fingerprint density at radius 3 is 2.76 bits per heavy atom. The van der Waals surface area contributed by atoms with Gasteiger partial charge in [0.1, 0.15) is 10.5 Å². The maximum atomic E-state index is 12.6. The van der Waals surface area contributed by atoms with E-state index in [4.69, 9.17) is 10.5 Å². The van der Waals surface area contributed by atoms with Crippen molar-refractivity contribution in [1.82, 2.24) is 10.3 Å². The number of nitrogens with one attached hydrogen (secondary N) is 1. The van der Waals surface area contributed by atoms with Crippen molar-refractivity contribution in [3.63, 3.8) is 0 Å². The van der Waals surface area contributed by atoms with Crippen molar-refractivity contribution in [2.75, 3.05) is 6.61 Å². The number of hydrogen-bond acceptors (Lipinski definition) is 5. The summed E-state index contributed by atoms with van der Waals surface area (Å²) in [6.45, 7) is 6.96. The molecule has 0 aliphatic heterocycles. The molecule has 1 fully saturated rings. The van der Waals surface area contributed by atoms with E-state index >= 15 is 0 Å². The number of nitrogens with two attached hydrogens (primary N) is 1. The maximum absolute atomic E-state index is 12.6. The summed E-state index contributed by atoms with van der Waals surface area (Å²) in [6, 6.07) is 10.0. The molecule has 6 heteroatoms. The fraction of sp³-hybridized carbons (Fsp3) is 0.474. The fourth-order valence-electron chi connectivity index (χ4n) is 3.25. The normalized spacial score (nSPS) is 24.6. The van der Waals surface area contributed by atoms with Gasteiger partial charge in [-0.3, -0.25) is 4.79 Å². The molecule has 0 radical (unpaired) electrons. The van der Waals surface area contributed by atoms with Gasteiger partial charge in [0.25, 0.3) is 0 Å². The van der Waals surface area contributed by atoms with Crippen molar-refractivity contribution < 1.29 is 9.53 Å². The number of carbonyl (C=O) groups excluding carboxylic acids is 1. The van der Waals surface area contributed by atoms with Crippen LogP contribution in [0.25, 0.3) is 10.6 Å². The molecule has 5 nitrogen and oxygen atoms in total. The number of aromatic nitrogens is 1. The first-order valence-electron chi connectivity index (χ1n) is 8.57. The zero-order valence-corrected chi connectivity index (χ0v) is 15.7. The molecule has 1 aliphatic carbocycles.